The summed E-state index contributed by atoms with van der Waals surface area (Å²) in [6, 6.07) is 32.4. The van der Waals surface area contributed by atoms with Gasteiger partial charge in [0.2, 0.25) is 0 Å². The van der Waals surface area contributed by atoms with Gasteiger partial charge in [0.25, 0.3) is 0 Å². The molecule has 0 bridgehead atoms. The van der Waals surface area contributed by atoms with Crippen LogP contribution in [0.25, 0.3) is 17.2 Å². The molecule has 0 amide bonds. The fourth-order valence-corrected chi connectivity index (χ4v) is 8.62. The molecule has 2 aliphatic carbocycles. The zero-order valence-electron chi connectivity index (χ0n) is 24.4. The van der Waals surface area contributed by atoms with Crippen molar-refractivity contribution >= 4 is 24.1 Å². The molecule has 0 radical (unpaired) electrons. The van der Waals surface area contributed by atoms with Gasteiger partial charge in [-0.3, -0.25) is 4.99 Å². The summed E-state index contributed by atoms with van der Waals surface area (Å²) in [6.07, 6.45) is 18.2. The van der Waals surface area contributed by atoms with E-state index in [1.54, 1.807) is 0 Å². The number of fused-ring (bicyclic) bond motifs is 9. The number of benzene rings is 4. The Morgan fingerprint density at radius 3 is 2.37 bits per heavy atom. The number of aliphatic imine (C=N–C) groups is 1. The maximum atomic E-state index is 4.96. The van der Waals surface area contributed by atoms with Gasteiger partial charge in [-0.1, -0.05) is 127 Å². The third-order valence-corrected chi connectivity index (χ3v) is 10.6. The van der Waals surface area contributed by atoms with E-state index in [1.807, 2.05) is 17.8 Å². The zero-order chi connectivity index (χ0) is 29.0. The van der Waals surface area contributed by atoms with Crippen LogP contribution < -0.4 is 0 Å². The molecule has 8 rings (SSSR count). The molecule has 43 heavy (non-hydrogen) atoms. The minimum Gasteiger partial charge on any atom is -0.265 e. The minimum atomic E-state index is -0.395. The smallest absolute Gasteiger partial charge is 0.0735 e. The summed E-state index contributed by atoms with van der Waals surface area (Å²) in [5.41, 5.74) is 14.2. The number of nitrogens with zero attached hydrogens (tertiary/aromatic N) is 1. The van der Waals surface area contributed by atoms with Gasteiger partial charge in [-0.25, -0.2) is 0 Å². The number of hydrogen-bond donors (Lipinski definition) is 0. The Labute approximate surface area is 258 Å². The molecule has 0 fully saturated rings. The van der Waals surface area contributed by atoms with Crippen LogP contribution in [0, 0.1) is 0 Å². The molecule has 2 heteroatoms. The Balaban J connectivity index is 1.39. The molecule has 2 heterocycles. The first-order valence-electron chi connectivity index (χ1n) is 15.2. The van der Waals surface area contributed by atoms with Crippen LogP contribution in [0.1, 0.15) is 65.5 Å². The van der Waals surface area contributed by atoms with E-state index in [2.05, 4.69) is 135 Å². The highest BCUT2D eigenvalue weighted by Gasteiger charge is 2.50. The van der Waals surface area contributed by atoms with Crippen LogP contribution in [0.2, 0.25) is 0 Å². The molecule has 1 spiro atoms. The predicted molar refractivity (Wildman–Crippen MR) is 182 cm³/mol. The molecule has 1 unspecified atom stereocenters. The summed E-state index contributed by atoms with van der Waals surface area (Å²) in [7, 11) is 0. The third-order valence-electron chi connectivity index (χ3n) is 9.48. The van der Waals surface area contributed by atoms with Crippen molar-refractivity contribution in [2.75, 3.05) is 0 Å². The summed E-state index contributed by atoms with van der Waals surface area (Å²) in [5.74, 6) is 0.284. The van der Waals surface area contributed by atoms with Crippen molar-refractivity contribution in [3.05, 3.63) is 172 Å². The van der Waals surface area contributed by atoms with Crippen LogP contribution in [0.4, 0.5) is 0 Å². The summed E-state index contributed by atoms with van der Waals surface area (Å²) in [6.45, 7) is 5.98. The fraction of sp³-hybridized carbons (Fsp3) is 0.146. The van der Waals surface area contributed by atoms with Gasteiger partial charge in [0.1, 0.15) is 0 Å². The van der Waals surface area contributed by atoms with Crippen LogP contribution in [-0.4, -0.2) is 6.21 Å². The number of rotatable bonds is 4. The molecule has 4 aliphatic rings. The minimum absolute atomic E-state index is 0.284. The van der Waals surface area contributed by atoms with E-state index in [1.165, 1.54) is 65.6 Å². The largest absolute Gasteiger partial charge is 0.265 e. The van der Waals surface area contributed by atoms with E-state index in [9.17, 15) is 0 Å². The number of hydrogen-bond acceptors (Lipinski definition) is 2. The van der Waals surface area contributed by atoms with Crippen LogP contribution in [0.3, 0.4) is 0 Å². The molecule has 0 aromatic heterocycles. The number of allylic oxidation sites excluding steroid dienone is 8. The molecule has 1 atom stereocenters. The normalized spacial score (nSPS) is 19.2. The Morgan fingerprint density at radius 1 is 0.884 bits per heavy atom. The summed E-state index contributed by atoms with van der Waals surface area (Å²) < 4.78 is 0. The Bertz CT molecular complexity index is 1920. The highest BCUT2D eigenvalue weighted by Crippen LogP contribution is 2.62. The summed E-state index contributed by atoms with van der Waals surface area (Å²) in [5, 5.41) is 0. The zero-order valence-corrected chi connectivity index (χ0v) is 25.2. The molecule has 208 valence electrons. The first kappa shape index (κ1) is 26.2. The molecule has 0 saturated carbocycles. The molecule has 0 N–H and O–H groups in total. The first-order valence-corrected chi connectivity index (χ1v) is 16.1. The van der Waals surface area contributed by atoms with Crippen molar-refractivity contribution in [1.82, 2.24) is 0 Å². The van der Waals surface area contributed by atoms with Crippen molar-refractivity contribution in [3.63, 3.8) is 0 Å². The molecule has 2 aliphatic heterocycles. The van der Waals surface area contributed by atoms with E-state index in [0.717, 1.165) is 24.8 Å². The second kappa shape index (κ2) is 10.4. The Kier molecular flexibility index (Phi) is 6.35. The van der Waals surface area contributed by atoms with Crippen molar-refractivity contribution in [2.45, 2.75) is 47.3 Å². The van der Waals surface area contributed by atoms with E-state index >= 15 is 0 Å². The lowest BCUT2D eigenvalue weighted by Gasteiger charge is -2.40. The Morgan fingerprint density at radius 2 is 1.60 bits per heavy atom. The second-order valence-corrected chi connectivity index (χ2v) is 13.0. The molecule has 0 saturated heterocycles. The van der Waals surface area contributed by atoms with Gasteiger partial charge in [0.15, 0.2) is 0 Å². The standard InChI is InChI=1S/C41H33NS/c1-3-27(2)11-8-12-28-20-22-38-36(25-28)41(34-18-6-4-15-32(34)33-16-5-7-19-35(33)41)37-26-30(21-23-39(37)43-38)31-17-9-13-29-14-10-24-42-40(29)31/h3-9,11-13,15-16,18-26,31H,1,10,14,17H2,2H3/b12-8+,27-11-. The van der Waals surface area contributed by atoms with Crippen LogP contribution in [0.5, 0.6) is 0 Å². The lowest BCUT2D eigenvalue weighted by molar-refractivity contribution is 0.707. The van der Waals surface area contributed by atoms with E-state index in [-0.39, 0.29) is 5.92 Å². The van der Waals surface area contributed by atoms with E-state index in [4.69, 9.17) is 4.99 Å². The average molecular weight is 572 g/mol. The Hall–Kier alpha value is -4.40. The van der Waals surface area contributed by atoms with Crippen molar-refractivity contribution in [2.24, 2.45) is 4.99 Å². The SMILES string of the molecule is C=C/C(C)=C\C=C\c1ccc2c(c1)C1(c3cc(C4CC=CC5=C4N=CCC5)ccc3S2)c2ccccc2-c2ccccc21. The van der Waals surface area contributed by atoms with Gasteiger partial charge in [-0.05, 0) is 94.5 Å². The maximum absolute atomic E-state index is 4.96. The lowest BCUT2D eigenvalue weighted by atomic mass is 9.66. The summed E-state index contributed by atoms with van der Waals surface area (Å²) in [4.78, 5) is 7.62. The van der Waals surface area contributed by atoms with Gasteiger partial charge < -0.3 is 0 Å². The maximum Gasteiger partial charge on any atom is 0.0735 e. The predicted octanol–water partition coefficient (Wildman–Crippen LogP) is 10.8. The van der Waals surface area contributed by atoms with Gasteiger partial charge in [0.05, 0.1) is 11.1 Å². The molecule has 1 nitrogen and oxygen atoms in total. The van der Waals surface area contributed by atoms with Crippen molar-refractivity contribution in [3.8, 4) is 11.1 Å². The molecule has 4 aromatic carbocycles. The second-order valence-electron chi connectivity index (χ2n) is 11.9. The van der Waals surface area contributed by atoms with Crippen LogP contribution in [-0.2, 0) is 5.41 Å². The van der Waals surface area contributed by atoms with Gasteiger partial charge >= 0.3 is 0 Å². The van der Waals surface area contributed by atoms with Gasteiger partial charge in [0, 0.05) is 21.9 Å². The first-order chi connectivity index (χ1) is 21.2. The highest BCUT2D eigenvalue weighted by molar-refractivity contribution is 7.99. The average Bonchev–Trinajstić information content (AvgIpc) is 3.35. The summed E-state index contributed by atoms with van der Waals surface area (Å²) >= 11 is 1.91. The van der Waals surface area contributed by atoms with E-state index in [0.29, 0.717) is 0 Å². The molecule has 4 aromatic rings. The van der Waals surface area contributed by atoms with Gasteiger partial charge in [-0.15, -0.1) is 0 Å². The highest BCUT2D eigenvalue weighted by atomic mass is 32.2. The van der Waals surface area contributed by atoms with Crippen LogP contribution in [0.15, 0.2) is 154 Å². The van der Waals surface area contributed by atoms with Gasteiger partial charge in [-0.2, -0.15) is 0 Å². The quantitative estimate of drug-likeness (QED) is 0.192. The molecular weight excluding hydrogens is 539 g/mol. The van der Waals surface area contributed by atoms with Crippen LogP contribution >= 0.6 is 11.8 Å². The van der Waals surface area contributed by atoms with Crippen molar-refractivity contribution < 1.29 is 0 Å². The third kappa shape index (κ3) is 4.04. The monoisotopic (exact) mass is 571 g/mol. The van der Waals surface area contributed by atoms with Crippen molar-refractivity contribution in [1.29, 1.82) is 0 Å². The fourth-order valence-electron chi connectivity index (χ4n) is 7.47. The van der Waals surface area contributed by atoms with E-state index < -0.39 is 5.41 Å². The topological polar surface area (TPSA) is 12.4 Å². The lowest BCUT2D eigenvalue weighted by Crippen LogP contribution is -2.32. The molecular formula is C41H33NS.